The summed E-state index contributed by atoms with van der Waals surface area (Å²) in [6.07, 6.45) is 5.02. The molecule has 0 bridgehead atoms. The number of nitrogens with two attached hydrogens (primary N) is 1. The summed E-state index contributed by atoms with van der Waals surface area (Å²) in [5, 5.41) is 0. The summed E-state index contributed by atoms with van der Waals surface area (Å²) in [7, 11) is 0. The van der Waals surface area contributed by atoms with Crippen LogP contribution < -0.4 is 10.5 Å². The molecule has 0 radical (unpaired) electrons. The van der Waals surface area contributed by atoms with Gasteiger partial charge in [-0.15, -0.1) is 0 Å². The summed E-state index contributed by atoms with van der Waals surface area (Å²) in [5.41, 5.74) is 6.53. The summed E-state index contributed by atoms with van der Waals surface area (Å²) in [5.74, 6) is -0.603. The van der Waals surface area contributed by atoms with Gasteiger partial charge in [0.25, 0.3) is 5.91 Å². The molecule has 0 aliphatic carbocycles. The Kier molecular flexibility index (Phi) is 6.11. The molecular weight excluding hydrogens is 296 g/mol. The minimum Gasteiger partial charge on any atom is -0.484 e. The SMILES string of the molecule is NC(=O)COc1cccc(C(=O)OCCCc2ccncc2)c1. The summed E-state index contributed by atoms with van der Waals surface area (Å²) in [6, 6.07) is 10.3. The number of ether oxygens (including phenoxy) is 2. The lowest BCUT2D eigenvalue weighted by Crippen LogP contribution is -2.20. The third kappa shape index (κ3) is 5.78. The molecule has 1 aromatic heterocycles. The van der Waals surface area contributed by atoms with Crippen LogP contribution in [0.3, 0.4) is 0 Å². The summed E-state index contributed by atoms with van der Waals surface area (Å²) in [6.45, 7) is 0.0952. The van der Waals surface area contributed by atoms with Gasteiger partial charge in [-0.1, -0.05) is 6.07 Å². The maximum Gasteiger partial charge on any atom is 0.338 e. The second-order valence-corrected chi connectivity index (χ2v) is 4.88. The topological polar surface area (TPSA) is 91.5 Å². The first-order chi connectivity index (χ1) is 11.1. The molecule has 6 nitrogen and oxygen atoms in total. The number of amides is 1. The van der Waals surface area contributed by atoms with Gasteiger partial charge in [-0.25, -0.2) is 4.79 Å². The van der Waals surface area contributed by atoms with Gasteiger partial charge >= 0.3 is 5.97 Å². The monoisotopic (exact) mass is 314 g/mol. The van der Waals surface area contributed by atoms with Crippen molar-refractivity contribution in [2.24, 2.45) is 5.73 Å². The molecule has 120 valence electrons. The Morgan fingerprint density at radius 2 is 1.91 bits per heavy atom. The van der Waals surface area contributed by atoms with E-state index in [1.165, 1.54) is 6.07 Å². The quantitative estimate of drug-likeness (QED) is 0.592. The molecule has 0 aliphatic heterocycles. The number of hydrogen-bond donors (Lipinski definition) is 1. The average molecular weight is 314 g/mol. The molecule has 0 unspecified atom stereocenters. The number of aromatic nitrogens is 1. The van der Waals surface area contributed by atoms with Gasteiger partial charge in [0.05, 0.1) is 12.2 Å². The van der Waals surface area contributed by atoms with Crippen molar-refractivity contribution in [3.8, 4) is 5.75 Å². The van der Waals surface area contributed by atoms with Crippen LogP contribution >= 0.6 is 0 Å². The Morgan fingerprint density at radius 1 is 1.13 bits per heavy atom. The lowest BCUT2D eigenvalue weighted by molar-refractivity contribution is -0.119. The highest BCUT2D eigenvalue weighted by molar-refractivity contribution is 5.89. The molecule has 2 rings (SSSR count). The molecule has 6 heteroatoms. The molecule has 23 heavy (non-hydrogen) atoms. The van der Waals surface area contributed by atoms with Gasteiger partial charge in [0, 0.05) is 12.4 Å². The second-order valence-electron chi connectivity index (χ2n) is 4.88. The Bertz CT molecular complexity index is 659. The standard InChI is InChI=1S/C17H18N2O4/c18-16(20)12-23-15-5-1-4-14(11-15)17(21)22-10-2-3-13-6-8-19-9-7-13/h1,4-9,11H,2-3,10,12H2,(H2,18,20). The highest BCUT2D eigenvalue weighted by Crippen LogP contribution is 2.14. The van der Waals surface area contributed by atoms with Gasteiger partial charge in [-0.05, 0) is 48.7 Å². The second kappa shape index (κ2) is 8.53. The maximum absolute atomic E-state index is 12.0. The van der Waals surface area contributed by atoms with E-state index in [2.05, 4.69) is 4.98 Å². The summed E-state index contributed by atoms with van der Waals surface area (Å²) < 4.78 is 10.4. The van der Waals surface area contributed by atoms with Gasteiger partial charge in [-0.3, -0.25) is 9.78 Å². The Balaban J connectivity index is 1.79. The van der Waals surface area contributed by atoms with Crippen LogP contribution in [0.1, 0.15) is 22.3 Å². The molecule has 0 saturated carbocycles. The average Bonchev–Trinajstić information content (AvgIpc) is 2.58. The predicted molar refractivity (Wildman–Crippen MR) is 84.0 cm³/mol. The molecule has 1 aromatic carbocycles. The number of carbonyl (C=O) groups excluding carboxylic acids is 2. The zero-order chi connectivity index (χ0) is 16.5. The minimum absolute atomic E-state index is 0.232. The van der Waals surface area contributed by atoms with Crippen molar-refractivity contribution in [3.05, 3.63) is 59.9 Å². The fourth-order valence-corrected chi connectivity index (χ4v) is 1.94. The zero-order valence-corrected chi connectivity index (χ0v) is 12.6. The van der Waals surface area contributed by atoms with Crippen molar-refractivity contribution in [2.75, 3.05) is 13.2 Å². The number of aryl methyl sites for hydroxylation is 1. The van der Waals surface area contributed by atoms with E-state index in [0.717, 1.165) is 18.4 Å². The van der Waals surface area contributed by atoms with E-state index in [9.17, 15) is 9.59 Å². The molecule has 0 fully saturated rings. The van der Waals surface area contributed by atoms with E-state index in [1.54, 1.807) is 30.6 Å². The lowest BCUT2D eigenvalue weighted by Gasteiger charge is -2.07. The molecule has 0 saturated heterocycles. The first-order valence-electron chi connectivity index (χ1n) is 7.22. The third-order valence-electron chi connectivity index (χ3n) is 3.04. The smallest absolute Gasteiger partial charge is 0.338 e. The van der Waals surface area contributed by atoms with Crippen molar-refractivity contribution >= 4 is 11.9 Å². The van der Waals surface area contributed by atoms with Crippen molar-refractivity contribution in [1.29, 1.82) is 0 Å². The van der Waals surface area contributed by atoms with Gasteiger partial charge in [0.2, 0.25) is 0 Å². The van der Waals surface area contributed by atoms with Gasteiger partial charge < -0.3 is 15.2 Å². The van der Waals surface area contributed by atoms with Crippen LogP contribution in [-0.2, 0) is 16.0 Å². The maximum atomic E-state index is 12.0. The van der Waals surface area contributed by atoms with Gasteiger partial charge in [0.1, 0.15) is 5.75 Å². The van der Waals surface area contributed by atoms with Crippen molar-refractivity contribution in [1.82, 2.24) is 4.98 Å². The third-order valence-corrected chi connectivity index (χ3v) is 3.04. The first kappa shape index (κ1) is 16.5. The van der Waals surface area contributed by atoms with Crippen molar-refractivity contribution in [2.45, 2.75) is 12.8 Å². The van der Waals surface area contributed by atoms with E-state index in [-0.39, 0.29) is 6.61 Å². The van der Waals surface area contributed by atoms with E-state index < -0.39 is 11.9 Å². The zero-order valence-electron chi connectivity index (χ0n) is 12.6. The molecule has 2 N–H and O–H groups in total. The highest BCUT2D eigenvalue weighted by Gasteiger charge is 2.08. The van der Waals surface area contributed by atoms with Crippen LogP contribution in [0.25, 0.3) is 0 Å². The molecule has 2 aromatic rings. The molecule has 0 spiro atoms. The molecular formula is C17H18N2O4. The first-order valence-corrected chi connectivity index (χ1v) is 7.22. The summed E-state index contributed by atoms with van der Waals surface area (Å²) >= 11 is 0. The van der Waals surface area contributed by atoms with Crippen molar-refractivity contribution < 1.29 is 19.1 Å². The Morgan fingerprint density at radius 3 is 2.65 bits per heavy atom. The predicted octanol–water partition coefficient (Wildman–Crippen LogP) is 1.74. The number of pyridine rings is 1. The van der Waals surface area contributed by atoms with Crippen LogP contribution in [0.4, 0.5) is 0 Å². The molecule has 0 aliphatic rings. The minimum atomic E-state index is -0.575. The Hall–Kier alpha value is -2.89. The van der Waals surface area contributed by atoms with Crippen LogP contribution in [-0.4, -0.2) is 30.1 Å². The van der Waals surface area contributed by atoms with Gasteiger partial charge in [0.15, 0.2) is 6.61 Å². The molecule has 1 amide bonds. The normalized spacial score (nSPS) is 10.1. The van der Waals surface area contributed by atoms with E-state index in [4.69, 9.17) is 15.2 Å². The number of esters is 1. The van der Waals surface area contributed by atoms with Crippen molar-refractivity contribution in [3.63, 3.8) is 0 Å². The molecule has 0 atom stereocenters. The number of rotatable bonds is 8. The van der Waals surface area contributed by atoms with E-state index >= 15 is 0 Å². The van der Waals surface area contributed by atoms with Crippen LogP contribution in [0.2, 0.25) is 0 Å². The number of benzene rings is 1. The highest BCUT2D eigenvalue weighted by atomic mass is 16.5. The molecule has 1 heterocycles. The van der Waals surface area contributed by atoms with Crippen LogP contribution in [0, 0.1) is 0 Å². The largest absolute Gasteiger partial charge is 0.484 e. The number of hydrogen-bond acceptors (Lipinski definition) is 5. The van der Waals surface area contributed by atoms with Crippen LogP contribution in [0.5, 0.6) is 5.75 Å². The summed E-state index contributed by atoms with van der Waals surface area (Å²) in [4.78, 5) is 26.6. The number of carbonyl (C=O) groups is 2. The van der Waals surface area contributed by atoms with Crippen LogP contribution in [0.15, 0.2) is 48.8 Å². The van der Waals surface area contributed by atoms with E-state index in [1.807, 2.05) is 12.1 Å². The number of primary amides is 1. The Labute approximate surface area is 134 Å². The lowest BCUT2D eigenvalue weighted by atomic mass is 10.1. The fraction of sp³-hybridized carbons (Fsp3) is 0.235. The van der Waals surface area contributed by atoms with E-state index in [0.29, 0.717) is 17.9 Å². The fourth-order valence-electron chi connectivity index (χ4n) is 1.94. The number of nitrogens with zero attached hydrogens (tertiary/aromatic N) is 1. The van der Waals surface area contributed by atoms with Gasteiger partial charge in [-0.2, -0.15) is 0 Å².